The first-order valence-electron chi connectivity index (χ1n) is 9.92. The van der Waals surface area contributed by atoms with Crippen molar-refractivity contribution in [3.63, 3.8) is 0 Å². The molecule has 0 saturated carbocycles. The summed E-state index contributed by atoms with van der Waals surface area (Å²) in [7, 11) is 0. The van der Waals surface area contributed by atoms with Gasteiger partial charge in [0, 0.05) is 25.8 Å². The van der Waals surface area contributed by atoms with Crippen molar-refractivity contribution in [2.75, 3.05) is 19.6 Å². The zero-order chi connectivity index (χ0) is 19.3. The van der Waals surface area contributed by atoms with E-state index in [9.17, 15) is 4.79 Å². The Balaban J connectivity index is 0.00000240. The Morgan fingerprint density at radius 3 is 2.59 bits per heavy atom. The fourth-order valence-electron chi connectivity index (χ4n) is 3.73. The van der Waals surface area contributed by atoms with Gasteiger partial charge in [0.05, 0.1) is 24.3 Å². The van der Waals surface area contributed by atoms with Crippen LogP contribution in [0.3, 0.4) is 0 Å². The van der Waals surface area contributed by atoms with E-state index in [0.717, 1.165) is 37.3 Å². The topological polar surface area (TPSA) is 50.2 Å². The van der Waals surface area contributed by atoms with Gasteiger partial charge in [-0.15, -0.1) is 12.4 Å². The Bertz CT molecular complexity index is 924. The SMILES string of the molecule is CCc1ccc(C2CNCCN2C(=O)Cc2cnn(-c3ccccc3)c2)cc1.Cl. The highest BCUT2D eigenvalue weighted by Gasteiger charge is 2.28. The molecule has 1 amide bonds. The summed E-state index contributed by atoms with van der Waals surface area (Å²) in [6.07, 6.45) is 5.13. The molecule has 1 aromatic heterocycles. The van der Waals surface area contributed by atoms with Crippen molar-refractivity contribution >= 4 is 18.3 Å². The molecule has 3 aromatic rings. The van der Waals surface area contributed by atoms with E-state index in [0.29, 0.717) is 6.42 Å². The number of piperazine rings is 1. The Labute approximate surface area is 178 Å². The summed E-state index contributed by atoms with van der Waals surface area (Å²) in [5.41, 5.74) is 4.45. The van der Waals surface area contributed by atoms with E-state index in [1.165, 1.54) is 11.1 Å². The van der Waals surface area contributed by atoms with Crippen molar-refractivity contribution in [2.24, 2.45) is 0 Å². The number of aryl methyl sites for hydroxylation is 1. The van der Waals surface area contributed by atoms with Crippen molar-refractivity contribution in [1.29, 1.82) is 0 Å². The highest BCUT2D eigenvalue weighted by Crippen LogP contribution is 2.24. The first-order valence-corrected chi connectivity index (χ1v) is 9.92. The summed E-state index contributed by atoms with van der Waals surface area (Å²) in [6, 6.07) is 18.7. The average molecular weight is 411 g/mol. The van der Waals surface area contributed by atoms with Gasteiger partial charge >= 0.3 is 0 Å². The number of nitrogens with one attached hydrogen (secondary N) is 1. The molecule has 2 heterocycles. The molecule has 0 aliphatic carbocycles. The average Bonchev–Trinajstić information content (AvgIpc) is 3.23. The first kappa shape index (κ1) is 21.1. The van der Waals surface area contributed by atoms with E-state index in [4.69, 9.17) is 0 Å². The second kappa shape index (κ2) is 9.72. The normalized spacial score (nSPS) is 16.3. The number of carbonyl (C=O) groups excluding carboxylic acids is 1. The highest BCUT2D eigenvalue weighted by molar-refractivity contribution is 5.85. The first-order chi connectivity index (χ1) is 13.7. The van der Waals surface area contributed by atoms with E-state index >= 15 is 0 Å². The molecule has 0 bridgehead atoms. The third-order valence-corrected chi connectivity index (χ3v) is 5.35. The van der Waals surface area contributed by atoms with Gasteiger partial charge in [-0.2, -0.15) is 5.10 Å². The molecule has 1 N–H and O–H groups in total. The van der Waals surface area contributed by atoms with Crippen molar-refractivity contribution < 1.29 is 4.79 Å². The minimum Gasteiger partial charge on any atom is -0.333 e. The van der Waals surface area contributed by atoms with Crippen molar-refractivity contribution in [2.45, 2.75) is 25.8 Å². The lowest BCUT2D eigenvalue weighted by molar-refractivity contribution is -0.133. The number of benzene rings is 2. The molecule has 29 heavy (non-hydrogen) atoms. The molecule has 2 aromatic carbocycles. The van der Waals surface area contributed by atoms with Crippen LogP contribution in [0.25, 0.3) is 5.69 Å². The van der Waals surface area contributed by atoms with Crippen molar-refractivity contribution in [1.82, 2.24) is 20.0 Å². The molecule has 152 valence electrons. The van der Waals surface area contributed by atoms with Crippen LogP contribution >= 0.6 is 12.4 Å². The van der Waals surface area contributed by atoms with Crippen LogP contribution in [0.2, 0.25) is 0 Å². The summed E-state index contributed by atoms with van der Waals surface area (Å²) < 4.78 is 1.82. The molecule has 1 saturated heterocycles. The molecule has 6 heteroatoms. The third kappa shape index (κ3) is 4.86. The number of para-hydroxylation sites is 1. The van der Waals surface area contributed by atoms with Gasteiger partial charge in [-0.05, 0) is 35.2 Å². The molecule has 1 fully saturated rings. The summed E-state index contributed by atoms with van der Waals surface area (Å²) in [6.45, 7) is 4.51. The van der Waals surface area contributed by atoms with Crippen LogP contribution in [0.1, 0.15) is 29.7 Å². The van der Waals surface area contributed by atoms with Crippen LogP contribution in [-0.2, 0) is 17.6 Å². The van der Waals surface area contributed by atoms with Crippen LogP contribution in [0.5, 0.6) is 0 Å². The maximum atomic E-state index is 13.1. The number of hydrogen-bond donors (Lipinski definition) is 1. The van der Waals surface area contributed by atoms with E-state index in [1.54, 1.807) is 6.20 Å². The van der Waals surface area contributed by atoms with Gasteiger partial charge in [0.1, 0.15) is 0 Å². The minimum absolute atomic E-state index is 0. The Morgan fingerprint density at radius 1 is 1.10 bits per heavy atom. The molecule has 1 aliphatic rings. The van der Waals surface area contributed by atoms with E-state index < -0.39 is 0 Å². The fraction of sp³-hybridized carbons (Fsp3) is 0.304. The summed E-state index contributed by atoms with van der Waals surface area (Å²) >= 11 is 0. The Morgan fingerprint density at radius 2 is 1.86 bits per heavy atom. The predicted octanol–water partition coefficient (Wildman–Crippen LogP) is 3.57. The fourth-order valence-corrected chi connectivity index (χ4v) is 3.73. The maximum absolute atomic E-state index is 13.1. The smallest absolute Gasteiger partial charge is 0.227 e. The highest BCUT2D eigenvalue weighted by atomic mass is 35.5. The summed E-state index contributed by atoms with van der Waals surface area (Å²) in [5, 5.41) is 7.84. The largest absolute Gasteiger partial charge is 0.333 e. The number of carbonyl (C=O) groups is 1. The third-order valence-electron chi connectivity index (χ3n) is 5.35. The molecule has 1 atom stereocenters. The van der Waals surface area contributed by atoms with Crippen molar-refractivity contribution in [3.8, 4) is 5.69 Å². The van der Waals surface area contributed by atoms with Gasteiger partial charge in [-0.25, -0.2) is 4.68 Å². The zero-order valence-electron chi connectivity index (χ0n) is 16.6. The molecule has 0 spiro atoms. The van der Waals surface area contributed by atoms with E-state index in [-0.39, 0.29) is 24.4 Å². The number of hydrogen-bond acceptors (Lipinski definition) is 3. The minimum atomic E-state index is 0. The molecule has 1 unspecified atom stereocenters. The molecular weight excluding hydrogens is 384 g/mol. The lowest BCUT2D eigenvalue weighted by Gasteiger charge is -2.36. The molecule has 5 nitrogen and oxygen atoms in total. The summed E-state index contributed by atoms with van der Waals surface area (Å²) in [4.78, 5) is 15.1. The van der Waals surface area contributed by atoms with Crippen LogP contribution in [0, 0.1) is 0 Å². The van der Waals surface area contributed by atoms with E-state index in [2.05, 4.69) is 41.6 Å². The second-order valence-electron chi connectivity index (χ2n) is 7.21. The van der Waals surface area contributed by atoms with Gasteiger partial charge < -0.3 is 10.2 Å². The lowest BCUT2D eigenvalue weighted by Crippen LogP contribution is -2.49. The second-order valence-corrected chi connectivity index (χ2v) is 7.21. The van der Waals surface area contributed by atoms with Gasteiger partial charge in [0.25, 0.3) is 0 Å². The number of halogens is 1. The van der Waals surface area contributed by atoms with Gasteiger partial charge in [-0.1, -0.05) is 49.4 Å². The quantitative estimate of drug-likeness (QED) is 0.699. The molecular formula is C23H27ClN4O. The van der Waals surface area contributed by atoms with Gasteiger partial charge in [0.2, 0.25) is 5.91 Å². The van der Waals surface area contributed by atoms with Gasteiger partial charge in [-0.3, -0.25) is 4.79 Å². The lowest BCUT2D eigenvalue weighted by atomic mass is 10.00. The number of aromatic nitrogens is 2. The van der Waals surface area contributed by atoms with Crippen LogP contribution in [0.15, 0.2) is 67.0 Å². The Kier molecular flexibility index (Phi) is 7.07. The number of nitrogens with zero attached hydrogens (tertiary/aromatic N) is 3. The monoisotopic (exact) mass is 410 g/mol. The van der Waals surface area contributed by atoms with Crippen LogP contribution < -0.4 is 5.32 Å². The standard InChI is InChI=1S/C23H26N4O.ClH/c1-2-18-8-10-20(11-9-18)22-16-24-12-13-26(22)23(28)14-19-15-25-27(17-19)21-6-4-3-5-7-21;/h3-11,15,17,22,24H,2,12-14,16H2,1H3;1H. The molecule has 1 aliphatic heterocycles. The predicted molar refractivity (Wildman–Crippen MR) is 118 cm³/mol. The van der Waals surface area contributed by atoms with Crippen LogP contribution in [-0.4, -0.2) is 40.2 Å². The Hall–Kier alpha value is -2.63. The zero-order valence-corrected chi connectivity index (χ0v) is 17.4. The number of amides is 1. The van der Waals surface area contributed by atoms with Gasteiger partial charge in [0.15, 0.2) is 0 Å². The summed E-state index contributed by atoms with van der Waals surface area (Å²) in [5.74, 6) is 0.152. The van der Waals surface area contributed by atoms with E-state index in [1.807, 2.05) is 46.1 Å². The van der Waals surface area contributed by atoms with Crippen LogP contribution in [0.4, 0.5) is 0 Å². The van der Waals surface area contributed by atoms with Crippen molar-refractivity contribution in [3.05, 3.63) is 83.7 Å². The molecule has 4 rings (SSSR count). The maximum Gasteiger partial charge on any atom is 0.227 e. The molecule has 0 radical (unpaired) electrons. The number of rotatable bonds is 5.